The Balaban J connectivity index is 2.05. The molecule has 6 nitrogen and oxygen atoms in total. The van der Waals surface area contributed by atoms with Crippen LogP contribution in [0.5, 0.6) is 0 Å². The Bertz CT molecular complexity index is 704. The van der Waals surface area contributed by atoms with Gasteiger partial charge in [-0.3, -0.25) is 4.79 Å². The zero-order chi connectivity index (χ0) is 18.4. The van der Waals surface area contributed by atoms with Crippen LogP contribution in [0.3, 0.4) is 0 Å². The molecule has 1 amide bonds. The molecule has 134 valence electrons. The molecule has 2 rings (SSSR count). The van der Waals surface area contributed by atoms with E-state index in [1.54, 1.807) is 12.4 Å². The van der Waals surface area contributed by atoms with Gasteiger partial charge in [0.25, 0.3) is 5.91 Å². The highest BCUT2D eigenvalue weighted by Crippen LogP contribution is 2.30. The molecular weight excluding hydrogens is 314 g/mol. The standard InChI is InChI=1S/C19H27N5O/c1-19(2,3)15-8-6-7-9-16(15)23-18-21-12-14(13-22-18)17(25)20-10-11-24(4)5/h6-9,12-13H,10-11H2,1-5H3,(H,20,25)(H,21,22,23). The van der Waals surface area contributed by atoms with Crippen LogP contribution < -0.4 is 10.6 Å². The Labute approximate surface area is 149 Å². The van der Waals surface area contributed by atoms with Crippen molar-refractivity contribution in [1.82, 2.24) is 20.2 Å². The largest absolute Gasteiger partial charge is 0.351 e. The molecule has 0 spiro atoms. The second-order valence-electron chi connectivity index (χ2n) is 7.28. The van der Waals surface area contributed by atoms with Gasteiger partial charge in [0.15, 0.2) is 0 Å². The van der Waals surface area contributed by atoms with Gasteiger partial charge in [0.2, 0.25) is 5.95 Å². The van der Waals surface area contributed by atoms with Crippen LogP contribution in [0.4, 0.5) is 11.6 Å². The molecule has 0 aliphatic rings. The highest BCUT2D eigenvalue weighted by atomic mass is 16.1. The summed E-state index contributed by atoms with van der Waals surface area (Å²) in [5, 5.41) is 6.09. The van der Waals surface area contributed by atoms with Crippen LogP contribution in [0.25, 0.3) is 0 Å². The van der Waals surface area contributed by atoms with Gasteiger partial charge in [0.1, 0.15) is 0 Å². The van der Waals surface area contributed by atoms with E-state index < -0.39 is 0 Å². The molecule has 0 bridgehead atoms. The number of aromatic nitrogens is 2. The lowest BCUT2D eigenvalue weighted by atomic mass is 9.86. The molecule has 1 heterocycles. The van der Waals surface area contributed by atoms with Crippen LogP contribution >= 0.6 is 0 Å². The van der Waals surface area contributed by atoms with Crippen LogP contribution in [0, 0.1) is 0 Å². The van der Waals surface area contributed by atoms with Gasteiger partial charge in [0.05, 0.1) is 5.56 Å². The van der Waals surface area contributed by atoms with Crippen molar-refractivity contribution >= 4 is 17.5 Å². The molecule has 1 aromatic carbocycles. The fraction of sp³-hybridized carbons (Fsp3) is 0.421. The lowest BCUT2D eigenvalue weighted by molar-refractivity contribution is 0.0950. The molecule has 2 aromatic rings. The molecule has 0 radical (unpaired) electrons. The average Bonchev–Trinajstić information content (AvgIpc) is 2.54. The minimum atomic E-state index is -0.163. The van der Waals surface area contributed by atoms with Crippen LogP contribution in [-0.4, -0.2) is 48.0 Å². The maximum atomic E-state index is 12.1. The monoisotopic (exact) mass is 341 g/mol. The van der Waals surface area contributed by atoms with Crippen molar-refractivity contribution in [3.8, 4) is 0 Å². The average molecular weight is 341 g/mol. The van der Waals surface area contributed by atoms with Gasteiger partial charge in [-0.1, -0.05) is 39.0 Å². The number of nitrogens with zero attached hydrogens (tertiary/aromatic N) is 3. The van der Waals surface area contributed by atoms with Crippen LogP contribution in [0.15, 0.2) is 36.7 Å². The highest BCUT2D eigenvalue weighted by Gasteiger charge is 2.18. The van der Waals surface area contributed by atoms with Gasteiger partial charge in [-0.2, -0.15) is 0 Å². The van der Waals surface area contributed by atoms with Crippen molar-refractivity contribution in [2.75, 3.05) is 32.5 Å². The molecule has 0 aliphatic heterocycles. The second-order valence-corrected chi connectivity index (χ2v) is 7.28. The Morgan fingerprint density at radius 3 is 2.36 bits per heavy atom. The van der Waals surface area contributed by atoms with E-state index in [9.17, 15) is 4.79 Å². The van der Waals surface area contributed by atoms with Crippen LogP contribution in [-0.2, 0) is 5.41 Å². The maximum Gasteiger partial charge on any atom is 0.254 e. The number of benzene rings is 1. The van der Waals surface area contributed by atoms with E-state index in [2.05, 4.69) is 47.4 Å². The number of hydrogen-bond acceptors (Lipinski definition) is 5. The van der Waals surface area contributed by atoms with E-state index in [0.717, 1.165) is 12.2 Å². The predicted molar refractivity (Wildman–Crippen MR) is 101 cm³/mol. The summed E-state index contributed by atoms with van der Waals surface area (Å²) in [6.07, 6.45) is 3.08. The van der Waals surface area contributed by atoms with Crippen molar-refractivity contribution in [3.05, 3.63) is 47.8 Å². The van der Waals surface area contributed by atoms with E-state index in [0.29, 0.717) is 18.1 Å². The first-order valence-electron chi connectivity index (χ1n) is 8.39. The van der Waals surface area contributed by atoms with E-state index in [-0.39, 0.29) is 11.3 Å². The smallest absolute Gasteiger partial charge is 0.254 e. The normalized spacial score (nSPS) is 11.4. The molecule has 25 heavy (non-hydrogen) atoms. The molecule has 0 aliphatic carbocycles. The minimum Gasteiger partial charge on any atom is -0.351 e. The molecule has 0 fully saturated rings. The summed E-state index contributed by atoms with van der Waals surface area (Å²) >= 11 is 0. The van der Waals surface area contributed by atoms with Gasteiger partial charge in [0, 0.05) is 31.2 Å². The van der Waals surface area contributed by atoms with E-state index in [4.69, 9.17) is 0 Å². The SMILES string of the molecule is CN(C)CCNC(=O)c1cnc(Nc2ccccc2C(C)(C)C)nc1. The fourth-order valence-corrected chi connectivity index (χ4v) is 2.37. The van der Waals surface area contributed by atoms with Crippen molar-refractivity contribution in [2.45, 2.75) is 26.2 Å². The third kappa shape index (κ3) is 5.53. The van der Waals surface area contributed by atoms with E-state index in [1.807, 2.05) is 37.2 Å². The van der Waals surface area contributed by atoms with Crippen molar-refractivity contribution < 1.29 is 4.79 Å². The topological polar surface area (TPSA) is 70.2 Å². The lowest BCUT2D eigenvalue weighted by Gasteiger charge is -2.22. The van der Waals surface area contributed by atoms with Gasteiger partial charge < -0.3 is 15.5 Å². The van der Waals surface area contributed by atoms with Crippen molar-refractivity contribution in [1.29, 1.82) is 0 Å². The highest BCUT2D eigenvalue weighted by molar-refractivity contribution is 5.93. The lowest BCUT2D eigenvalue weighted by Crippen LogP contribution is -2.31. The fourth-order valence-electron chi connectivity index (χ4n) is 2.37. The third-order valence-corrected chi connectivity index (χ3v) is 3.74. The summed E-state index contributed by atoms with van der Waals surface area (Å²) in [5.41, 5.74) is 2.62. The third-order valence-electron chi connectivity index (χ3n) is 3.74. The Morgan fingerprint density at radius 2 is 1.76 bits per heavy atom. The van der Waals surface area contributed by atoms with Gasteiger partial charge >= 0.3 is 0 Å². The molecule has 0 unspecified atom stereocenters. The summed E-state index contributed by atoms with van der Waals surface area (Å²) < 4.78 is 0. The number of hydrogen-bond donors (Lipinski definition) is 2. The first-order valence-corrected chi connectivity index (χ1v) is 8.39. The zero-order valence-electron chi connectivity index (χ0n) is 15.6. The van der Waals surface area contributed by atoms with Gasteiger partial charge in [-0.25, -0.2) is 9.97 Å². The quantitative estimate of drug-likeness (QED) is 0.845. The number of carbonyl (C=O) groups is 1. The first-order chi connectivity index (χ1) is 11.8. The van der Waals surface area contributed by atoms with Crippen LogP contribution in [0.2, 0.25) is 0 Å². The number of amides is 1. The Morgan fingerprint density at radius 1 is 1.12 bits per heavy atom. The molecule has 0 atom stereocenters. The summed E-state index contributed by atoms with van der Waals surface area (Å²) in [5.74, 6) is 0.310. The van der Waals surface area contributed by atoms with E-state index >= 15 is 0 Å². The van der Waals surface area contributed by atoms with Gasteiger partial charge in [-0.15, -0.1) is 0 Å². The molecule has 0 saturated heterocycles. The molecule has 2 N–H and O–H groups in total. The first kappa shape index (κ1) is 18.9. The summed E-state index contributed by atoms with van der Waals surface area (Å²) in [6, 6.07) is 8.10. The van der Waals surface area contributed by atoms with Crippen molar-refractivity contribution in [3.63, 3.8) is 0 Å². The molecule has 1 aromatic heterocycles. The number of rotatable bonds is 6. The number of likely N-dealkylation sites (N-methyl/N-ethyl adjacent to an activating group) is 1. The number of nitrogens with one attached hydrogen (secondary N) is 2. The molecule has 0 saturated carbocycles. The zero-order valence-corrected chi connectivity index (χ0v) is 15.6. The van der Waals surface area contributed by atoms with E-state index in [1.165, 1.54) is 5.56 Å². The predicted octanol–water partition coefficient (Wildman–Crippen LogP) is 2.81. The number of carbonyl (C=O) groups excluding carboxylic acids is 1. The number of anilines is 2. The maximum absolute atomic E-state index is 12.1. The summed E-state index contributed by atoms with van der Waals surface area (Å²) in [6.45, 7) is 7.86. The molecular formula is C19H27N5O. The Kier molecular flexibility index (Phi) is 6.09. The summed E-state index contributed by atoms with van der Waals surface area (Å²) in [7, 11) is 3.93. The Hall–Kier alpha value is -2.47. The number of para-hydroxylation sites is 1. The van der Waals surface area contributed by atoms with Crippen molar-refractivity contribution in [2.24, 2.45) is 0 Å². The van der Waals surface area contributed by atoms with Crippen LogP contribution in [0.1, 0.15) is 36.7 Å². The molecule has 6 heteroatoms. The minimum absolute atomic E-state index is 0.00978. The second kappa shape index (κ2) is 8.07. The van der Waals surface area contributed by atoms with Gasteiger partial charge in [-0.05, 0) is 31.1 Å². The summed E-state index contributed by atoms with van der Waals surface area (Å²) in [4.78, 5) is 22.6.